The molecule has 0 radical (unpaired) electrons. The maximum absolute atomic E-state index is 13.0. The zero-order valence-electron chi connectivity index (χ0n) is 12.9. The lowest BCUT2D eigenvalue weighted by molar-refractivity contribution is -0.123. The van der Waals surface area contributed by atoms with Crippen molar-refractivity contribution in [1.29, 1.82) is 0 Å². The molecule has 1 unspecified atom stereocenters. The molecule has 0 fully saturated rings. The first-order chi connectivity index (χ1) is 11.0. The fourth-order valence-electron chi connectivity index (χ4n) is 2.15. The van der Waals surface area contributed by atoms with Gasteiger partial charge in [-0.05, 0) is 59.5 Å². The zero-order chi connectivity index (χ0) is 16.7. The highest BCUT2D eigenvalue weighted by atomic mass is 79.9. The van der Waals surface area contributed by atoms with E-state index in [-0.39, 0.29) is 24.4 Å². The molecule has 5 heteroatoms. The highest BCUT2D eigenvalue weighted by Gasteiger charge is 2.10. The molecule has 122 valence electrons. The Balaban J connectivity index is 1.73. The summed E-state index contributed by atoms with van der Waals surface area (Å²) in [5, 5.41) is 2.90. The maximum Gasteiger partial charge on any atom is 0.258 e. The summed E-state index contributed by atoms with van der Waals surface area (Å²) in [6, 6.07) is 14.3. The van der Waals surface area contributed by atoms with Crippen molar-refractivity contribution in [1.82, 2.24) is 5.32 Å². The van der Waals surface area contributed by atoms with Crippen molar-refractivity contribution in [3.63, 3.8) is 0 Å². The first kappa shape index (κ1) is 17.5. The van der Waals surface area contributed by atoms with Gasteiger partial charge in [-0.15, -0.1) is 0 Å². The molecule has 0 spiro atoms. The molecule has 0 aromatic heterocycles. The SMILES string of the molecule is CC(CCc1ccccc1)NC(=O)COc1ccc(F)cc1Br. The minimum atomic E-state index is -0.358. The molecule has 1 N–H and O–H groups in total. The summed E-state index contributed by atoms with van der Waals surface area (Å²) in [6.45, 7) is 1.87. The van der Waals surface area contributed by atoms with Gasteiger partial charge in [0.1, 0.15) is 11.6 Å². The van der Waals surface area contributed by atoms with Crippen LogP contribution in [0.1, 0.15) is 18.9 Å². The molecule has 2 rings (SSSR count). The van der Waals surface area contributed by atoms with Gasteiger partial charge in [0.2, 0.25) is 0 Å². The molecule has 0 aliphatic rings. The van der Waals surface area contributed by atoms with E-state index in [4.69, 9.17) is 4.74 Å². The zero-order valence-corrected chi connectivity index (χ0v) is 14.5. The minimum absolute atomic E-state index is 0.0583. The van der Waals surface area contributed by atoms with Crippen LogP contribution in [0.15, 0.2) is 53.0 Å². The van der Waals surface area contributed by atoms with Crippen LogP contribution in [-0.4, -0.2) is 18.6 Å². The summed E-state index contributed by atoms with van der Waals surface area (Å²) in [4.78, 5) is 11.9. The van der Waals surface area contributed by atoms with Gasteiger partial charge in [-0.25, -0.2) is 4.39 Å². The normalized spacial score (nSPS) is 11.8. The lowest BCUT2D eigenvalue weighted by Gasteiger charge is -2.14. The maximum atomic E-state index is 13.0. The van der Waals surface area contributed by atoms with E-state index in [0.29, 0.717) is 10.2 Å². The highest BCUT2D eigenvalue weighted by Crippen LogP contribution is 2.25. The molecule has 1 atom stereocenters. The lowest BCUT2D eigenvalue weighted by Crippen LogP contribution is -2.36. The van der Waals surface area contributed by atoms with Crippen molar-refractivity contribution in [2.45, 2.75) is 25.8 Å². The van der Waals surface area contributed by atoms with Crippen LogP contribution in [0.5, 0.6) is 5.75 Å². The van der Waals surface area contributed by atoms with Gasteiger partial charge in [-0.1, -0.05) is 30.3 Å². The van der Waals surface area contributed by atoms with Crippen LogP contribution in [0.2, 0.25) is 0 Å². The Morgan fingerprint density at radius 3 is 2.70 bits per heavy atom. The monoisotopic (exact) mass is 379 g/mol. The first-order valence-corrected chi connectivity index (χ1v) is 8.25. The molecule has 2 aromatic carbocycles. The number of aryl methyl sites for hydroxylation is 1. The Labute approximate surface area is 144 Å². The molecule has 0 aliphatic carbocycles. The molecule has 0 bridgehead atoms. The van der Waals surface area contributed by atoms with Crippen LogP contribution in [0.4, 0.5) is 4.39 Å². The summed E-state index contributed by atoms with van der Waals surface area (Å²) in [6.07, 6.45) is 1.77. The van der Waals surface area contributed by atoms with Crippen LogP contribution in [0, 0.1) is 5.82 Å². The number of nitrogens with one attached hydrogen (secondary N) is 1. The smallest absolute Gasteiger partial charge is 0.258 e. The van der Waals surface area contributed by atoms with E-state index in [1.807, 2.05) is 25.1 Å². The lowest BCUT2D eigenvalue weighted by atomic mass is 10.1. The summed E-state index contributed by atoms with van der Waals surface area (Å²) < 4.78 is 18.9. The van der Waals surface area contributed by atoms with Gasteiger partial charge in [0.25, 0.3) is 5.91 Å². The number of benzene rings is 2. The van der Waals surface area contributed by atoms with Gasteiger partial charge < -0.3 is 10.1 Å². The molecule has 23 heavy (non-hydrogen) atoms. The molecule has 2 aromatic rings. The Kier molecular flexibility index (Phi) is 6.59. The molecule has 3 nitrogen and oxygen atoms in total. The third kappa shape index (κ3) is 6.02. The van der Waals surface area contributed by atoms with Gasteiger partial charge in [-0.3, -0.25) is 4.79 Å². The fraction of sp³-hybridized carbons (Fsp3) is 0.278. The second kappa shape index (κ2) is 8.67. The highest BCUT2D eigenvalue weighted by molar-refractivity contribution is 9.10. The third-order valence-corrected chi connectivity index (χ3v) is 3.99. The quantitative estimate of drug-likeness (QED) is 0.785. The van der Waals surface area contributed by atoms with E-state index >= 15 is 0 Å². The number of carbonyl (C=O) groups excluding carboxylic acids is 1. The van der Waals surface area contributed by atoms with Gasteiger partial charge in [0.15, 0.2) is 6.61 Å². The summed E-state index contributed by atoms with van der Waals surface area (Å²) in [7, 11) is 0. The molecular weight excluding hydrogens is 361 g/mol. The van der Waals surface area contributed by atoms with Gasteiger partial charge in [0.05, 0.1) is 4.47 Å². The second-order valence-corrected chi connectivity index (χ2v) is 6.21. The average molecular weight is 380 g/mol. The average Bonchev–Trinajstić information content (AvgIpc) is 2.53. The predicted octanol–water partition coefficient (Wildman–Crippen LogP) is 4.10. The number of halogens is 2. The fourth-order valence-corrected chi connectivity index (χ4v) is 2.62. The van der Waals surface area contributed by atoms with Crippen molar-refractivity contribution in [3.05, 3.63) is 64.4 Å². The standard InChI is InChI=1S/C18H19BrFNO2/c1-13(7-8-14-5-3-2-4-6-14)21-18(22)12-23-17-10-9-15(20)11-16(17)19/h2-6,9-11,13H,7-8,12H2,1H3,(H,21,22). The van der Waals surface area contributed by atoms with Crippen molar-refractivity contribution >= 4 is 21.8 Å². The number of hydrogen-bond acceptors (Lipinski definition) is 2. The number of hydrogen-bond donors (Lipinski definition) is 1. The summed E-state index contributed by atoms with van der Waals surface area (Å²) in [5.74, 6) is -0.108. The Morgan fingerprint density at radius 2 is 2.00 bits per heavy atom. The summed E-state index contributed by atoms with van der Waals surface area (Å²) in [5.41, 5.74) is 1.25. The molecule has 0 heterocycles. The number of ether oxygens (including phenoxy) is 1. The Bertz CT molecular complexity index is 649. The number of rotatable bonds is 7. The van der Waals surface area contributed by atoms with E-state index in [9.17, 15) is 9.18 Å². The van der Waals surface area contributed by atoms with E-state index in [2.05, 4.69) is 33.4 Å². The number of carbonyl (C=O) groups is 1. The topological polar surface area (TPSA) is 38.3 Å². The van der Waals surface area contributed by atoms with Crippen molar-refractivity contribution in [2.75, 3.05) is 6.61 Å². The second-order valence-electron chi connectivity index (χ2n) is 5.36. The van der Waals surface area contributed by atoms with Crippen LogP contribution < -0.4 is 10.1 Å². The molecule has 1 amide bonds. The molecular formula is C18H19BrFNO2. The number of amides is 1. The van der Waals surface area contributed by atoms with E-state index < -0.39 is 0 Å². The van der Waals surface area contributed by atoms with Gasteiger partial charge in [-0.2, -0.15) is 0 Å². The van der Waals surface area contributed by atoms with Crippen LogP contribution in [0.3, 0.4) is 0 Å². The summed E-state index contributed by atoms with van der Waals surface area (Å²) >= 11 is 3.20. The van der Waals surface area contributed by atoms with E-state index in [1.54, 1.807) is 0 Å². The Morgan fingerprint density at radius 1 is 1.26 bits per heavy atom. The van der Waals surface area contributed by atoms with E-state index in [0.717, 1.165) is 12.8 Å². The van der Waals surface area contributed by atoms with Crippen molar-refractivity contribution in [2.24, 2.45) is 0 Å². The Hall–Kier alpha value is -1.88. The first-order valence-electron chi connectivity index (χ1n) is 7.45. The van der Waals surface area contributed by atoms with E-state index in [1.165, 1.54) is 23.8 Å². The van der Waals surface area contributed by atoms with Gasteiger partial charge in [0, 0.05) is 6.04 Å². The van der Waals surface area contributed by atoms with Crippen LogP contribution >= 0.6 is 15.9 Å². The third-order valence-electron chi connectivity index (χ3n) is 3.37. The predicted molar refractivity (Wildman–Crippen MR) is 92.0 cm³/mol. The molecule has 0 saturated heterocycles. The molecule has 0 saturated carbocycles. The minimum Gasteiger partial charge on any atom is -0.483 e. The van der Waals surface area contributed by atoms with Crippen LogP contribution in [-0.2, 0) is 11.2 Å². The van der Waals surface area contributed by atoms with Crippen molar-refractivity contribution in [3.8, 4) is 5.75 Å². The largest absolute Gasteiger partial charge is 0.483 e. The van der Waals surface area contributed by atoms with Gasteiger partial charge >= 0.3 is 0 Å². The molecule has 0 aliphatic heterocycles. The van der Waals surface area contributed by atoms with Crippen LogP contribution in [0.25, 0.3) is 0 Å². The van der Waals surface area contributed by atoms with Crippen molar-refractivity contribution < 1.29 is 13.9 Å².